The molecule has 0 heterocycles. The molecule has 1 aromatic rings. The number of thioether (sulfide) groups is 1. The molecule has 7 nitrogen and oxygen atoms in total. The van der Waals surface area contributed by atoms with Gasteiger partial charge in [0.1, 0.15) is 0 Å². The van der Waals surface area contributed by atoms with Gasteiger partial charge in [-0.05, 0) is 26.0 Å². The number of hydrogen-bond acceptors (Lipinski definition) is 7. The molecule has 0 saturated carbocycles. The molecular weight excluding hydrogens is 298 g/mol. The molecule has 0 aromatic heterocycles. The zero-order valence-corrected chi connectivity index (χ0v) is 12.4. The van der Waals surface area contributed by atoms with Gasteiger partial charge in [0.25, 0.3) is 5.69 Å². The van der Waals surface area contributed by atoms with Crippen LogP contribution < -0.4 is 0 Å². The van der Waals surface area contributed by atoms with Gasteiger partial charge >= 0.3 is 11.9 Å². The highest BCUT2D eigenvalue weighted by atomic mass is 32.2. The molecule has 0 atom stereocenters. The highest BCUT2D eigenvalue weighted by Crippen LogP contribution is 2.27. The van der Waals surface area contributed by atoms with E-state index in [1.165, 1.54) is 24.3 Å². The third-order valence-electron chi connectivity index (χ3n) is 2.30. The van der Waals surface area contributed by atoms with Crippen molar-refractivity contribution in [3.05, 3.63) is 34.4 Å². The third-order valence-corrected chi connectivity index (χ3v) is 3.47. The number of hydrogen-bond donors (Lipinski definition) is 0. The third kappa shape index (κ3) is 5.07. The van der Waals surface area contributed by atoms with Crippen LogP contribution in [0.4, 0.5) is 5.69 Å². The Balaban J connectivity index is 2.86. The fourth-order valence-electron chi connectivity index (χ4n) is 1.41. The normalized spacial score (nSPS) is 10.2. The molecule has 0 fully saturated rings. The zero-order chi connectivity index (χ0) is 15.8. The molecule has 0 aliphatic rings. The van der Waals surface area contributed by atoms with Crippen LogP contribution in [0.2, 0.25) is 0 Å². The molecule has 1 rings (SSSR count). The van der Waals surface area contributed by atoms with Crippen molar-refractivity contribution in [2.24, 2.45) is 0 Å². The smallest absolute Gasteiger partial charge is 0.331 e. The number of rotatable bonds is 7. The molecule has 0 aliphatic heterocycles. The molecule has 114 valence electrons. The monoisotopic (exact) mass is 313 g/mol. The van der Waals surface area contributed by atoms with E-state index in [0.29, 0.717) is 4.90 Å². The van der Waals surface area contributed by atoms with Crippen LogP contribution in [0.15, 0.2) is 29.2 Å². The number of ether oxygens (including phenoxy) is 2. The number of esters is 2. The summed E-state index contributed by atoms with van der Waals surface area (Å²) in [5.41, 5.74) is -0.0665. The van der Waals surface area contributed by atoms with E-state index >= 15 is 0 Å². The Bertz CT molecular complexity index is 498. The molecule has 0 spiro atoms. The largest absolute Gasteiger partial charge is 0.465 e. The van der Waals surface area contributed by atoms with Crippen LogP contribution >= 0.6 is 11.8 Å². The molecule has 0 bridgehead atoms. The number of nitrogens with zero attached hydrogens (tertiary/aromatic N) is 1. The standard InChI is InChI=1S/C13H15NO6S/c1-3-19-12(15)11(13(16)20-4-2)21-10-7-5-9(6-8-10)14(17)18/h5-8,11H,3-4H2,1-2H3. The van der Waals surface area contributed by atoms with Gasteiger partial charge in [0, 0.05) is 17.0 Å². The topological polar surface area (TPSA) is 95.7 Å². The Morgan fingerprint density at radius 1 is 1.14 bits per heavy atom. The second-order valence-electron chi connectivity index (χ2n) is 3.75. The second kappa shape index (κ2) is 8.25. The molecule has 8 heteroatoms. The van der Waals surface area contributed by atoms with Crippen molar-refractivity contribution in [2.45, 2.75) is 24.0 Å². The van der Waals surface area contributed by atoms with E-state index < -0.39 is 22.1 Å². The van der Waals surface area contributed by atoms with Gasteiger partial charge in [0.15, 0.2) is 0 Å². The van der Waals surface area contributed by atoms with E-state index in [9.17, 15) is 19.7 Å². The summed E-state index contributed by atoms with van der Waals surface area (Å²) in [5.74, 6) is -1.39. The van der Waals surface area contributed by atoms with Crippen LogP contribution in [0, 0.1) is 10.1 Å². The fraction of sp³-hybridized carbons (Fsp3) is 0.385. The summed E-state index contributed by atoms with van der Waals surface area (Å²) in [7, 11) is 0. The average molecular weight is 313 g/mol. The lowest BCUT2D eigenvalue weighted by molar-refractivity contribution is -0.384. The van der Waals surface area contributed by atoms with Crippen LogP contribution in [-0.2, 0) is 19.1 Å². The van der Waals surface area contributed by atoms with Gasteiger partial charge in [-0.1, -0.05) is 11.8 Å². The van der Waals surface area contributed by atoms with E-state index in [-0.39, 0.29) is 18.9 Å². The van der Waals surface area contributed by atoms with Crippen molar-refractivity contribution in [3.8, 4) is 0 Å². The number of nitro groups is 1. The first-order chi connectivity index (χ1) is 9.99. The highest BCUT2D eigenvalue weighted by Gasteiger charge is 2.30. The van der Waals surface area contributed by atoms with E-state index in [1.54, 1.807) is 13.8 Å². The fourth-order valence-corrected chi connectivity index (χ4v) is 2.30. The molecule has 0 radical (unpaired) electrons. The lowest BCUT2D eigenvalue weighted by Gasteiger charge is -2.13. The molecule has 0 amide bonds. The predicted molar refractivity (Wildman–Crippen MR) is 76.0 cm³/mol. The maximum atomic E-state index is 11.8. The number of carbonyl (C=O) groups excluding carboxylic acids is 2. The lowest BCUT2D eigenvalue weighted by Crippen LogP contribution is -2.30. The summed E-state index contributed by atoms with van der Waals surface area (Å²) < 4.78 is 9.67. The van der Waals surface area contributed by atoms with Crippen molar-refractivity contribution in [2.75, 3.05) is 13.2 Å². The first-order valence-electron chi connectivity index (χ1n) is 6.24. The van der Waals surface area contributed by atoms with E-state index in [0.717, 1.165) is 11.8 Å². The van der Waals surface area contributed by atoms with Crippen LogP contribution in [0.25, 0.3) is 0 Å². The van der Waals surface area contributed by atoms with Gasteiger partial charge < -0.3 is 9.47 Å². The van der Waals surface area contributed by atoms with Crippen LogP contribution in [0.1, 0.15) is 13.8 Å². The van der Waals surface area contributed by atoms with Crippen LogP contribution in [0.3, 0.4) is 0 Å². The van der Waals surface area contributed by atoms with Crippen molar-refractivity contribution >= 4 is 29.4 Å². The van der Waals surface area contributed by atoms with Crippen molar-refractivity contribution in [1.29, 1.82) is 0 Å². The van der Waals surface area contributed by atoms with Gasteiger partial charge in [-0.25, -0.2) is 0 Å². The quantitative estimate of drug-likeness (QED) is 0.250. The summed E-state index contributed by atoms with van der Waals surface area (Å²) in [5, 5.41) is 9.42. The van der Waals surface area contributed by atoms with Gasteiger partial charge in [-0.3, -0.25) is 19.7 Å². The highest BCUT2D eigenvalue weighted by molar-refractivity contribution is 8.01. The summed E-state index contributed by atoms with van der Waals surface area (Å²) >= 11 is 0.934. The number of benzene rings is 1. The zero-order valence-electron chi connectivity index (χ0n) is 11.6. The molecule has 0 saturated heterocycles. The Hall–Kier alpha value is -2.09. The lowest BCUT2D eigenvalue weighted by atomic mass is 10.3. The Morgan fingerprint density at radius 2 is 1.62 bits per heavy atom. The van der Waals surface area contributed by atoms with Gasteiger partial charge in [0.05, 0.1) is 18.1 Å². The van der Waals surface area contributed by atoms with Crippen LogP contribution in [-0.4, -0.2) is 35.3 Å². The Kier molecular flexibility index (Phi) is 6.67. The first kappa shape index (κ1) is 17.0. The summed E-state index contributed by atoms with van der Waals surface area (Å²) in [6.07, 6.45) is 0. The minimum Gasteiger partial charge on any atom is -0.465 e. The van der Waals surface area contributed by atoms with Gasteiger partial charge in [-0.15, -0.1) is 0 Å². The SMILES string of the molecule is CCOC(=O)C(Sc1ccc([N+](=O)[O-])cc1)C(=O)OCC. The molecule has 0 N–H and O–H groups in total. The number of non-ortho nitro benzene ring substituents is 1. The number of carbonyl (C=O) groups is 2. The molecular formula is C13H15NO6S. The van der Waals surface area contributed by atoms with Gasteiger partial charge in [-0.2, -0.15) is 0 Å². The summed E-state index contributed by atoms with van der Waals surface area (Å²) in [6, 6.07) is 5.54. The second-order valence-corrected chi connectivity index (χ2v) is 4.93. The Labute approximate surface area is 125 Å². The number of nitro benzene ring substituents is 1. The minimum absolute atomic E-state index is 0.0665. The van der Waals surface area contributed by atoms with Crippen LogP contribution in [0.5, 0.6) is 0 Å². The summed E-state index contributed by atoms with van der Waals surface area (Å²) in [4.78, 5) is 34.2. The molecule has 0 aliphatic carbocycles. The van der Waals surface area contributed by atoms with Crippen molar-refractivity contribution in [3.63, 3.8) is 0 Å². The first-order valence-corrected chi connectivity index (χ1v) is 7.12. The molecule has 1 aromatic carbocycles. The molecule has 0 unspecified atom stereocenters. The van der Waals surface area contributed by atoms with E-state index in [1.807, 2.05) is 0 Å². The van der Waals surface area contributed by atoms with E-state index in [2.05, 4.69) is 0 Å². The molecule has 21 heavy (non-hydrogen) atoms. The van der Waals surface area contributed by atoms with E-state index in [4.69, 9.17) is 9.47 Å². The average Bonchev–Trinajstić information content (AvgIpc) is 2.45. The van der Waals surface area contributed by atoms with Crippen molar-refractivity contribution < 1.29 is 24.0 Å². The maximum absolute atomic E-state index is 11.8. The van der Waals surface area contributed by atoms with Gasteiger partial charge in [0.2, 0.25) is 5.25 Å². The maximum Gasteiger partial charge on any atom is 0.331 e. The summed E-state index contributed by atoms with van der Waals surface area (Å²) in [6.45, 7) is 3.57. The predicted octanol–water partition coefficient (Wildman–Crippen LogP) is 2.18. The Morgan fingerprint density at radius 3 is 2.00 bits per heavy atom. The van der Waals surface area contributed by atoms with Crippen molar-refractivity contribution in [1.82, 2.24) is 0 Å². The minimum atomic E-state index is -1.15.